The summed E-state index contributed by atoms with van der Waals surface area (Å²) >= 11 is 0. The minimum absolute atomic E-state index is 0.0456. The van der Waals surface area contributed by atoms with Gasteiger partial charge < -0.3 is 15.0 Å². The van der Waals surface area contributed by atoms with E-state index in [1.807, 2.05) is 0 Å². The second-order valence-corrected chi connectivity index (χ2v) is 8.19. The Kier molecular flexibility index (Phi) is 6.68. The van der Waals surface area contributed by atoms with Crippen molar-refractivity contribution in [3.05, 3.63) is 24.0 Å². The van der Waals surface area contributed by atoms with Gasteiger partial charge in [-0.05, 0) is 57.7 Å². The molecular formula is C20H30FN3O3. The van der Waals surface area contributed by atoms with Crippen LogP contribution < -0.4 is 10.6 Å². The van der Waals surface area contributed by atoms with E-state index in [1.54, 1.807) is 32.7 Å². The summed E-state index contributed by atoms with van der Waals surface area (Å²) in [6.07, 6.45) is 3.67. The topological polar surface area (TPSA) is 70.7 Å². The number of carbonyl (C=O) groups is 2. The van der Waals surface area contributed by atoms with Crippen molar-refractivity contribution in [2.75, 3.05) is 17.7 Å². The second kappa shape index (κ2) is 8.59. The highest BCUT2D eigenvalue weighted by Gasteiger charge is 2.28. The Hall–Kier alpha value is -2.31. The molecule has 0 bridgehead atoms. The monoisotopic (exact) mass is 379 g/mol. The lowest BCUT2D eigenvalue weighted by Gasteiger charge is -2.36. The van der Waals surface area contributed by atoms with Gasteiger partial charge in [-0.25, -0.2) is 14.0 Å². The molecule has 0 spiro atoms. The Morgan fingerprint density at radius 1 is 1.19 bits per heavy atom. The van der Waals surface area contributed by atoms with Crippen LogP contribution in [0.5, 0.6) is 0 Å². The molecule has 1 aliphatic rings. The van der Waals surface area contributed by atoms with Crippen molar-refractivity contribution < 1.29 is 18.7 Å². The number of rotatable bonds is 3. The van der Waals surface area contributed by atoms with Crippen molar-refractivity contribution in [3.8, 4) is 0 Å². The number of carbonyl (C=O) groups excluding carboxylic acids is 2. The largest absolute Gasteiger partial charge is 0.444 e. The highest BCUT2D eigenvalue weighted by Crippen LogP contribution is 2.28. The number of nitrogens with zero attached hydrogens (tertiary/aromatic N) is 1. The molecule has 27 heavy (non-hydrogen) atoms. The van der Waals surface area contributed by atoms with Gasteiger partial charge in [0.05, 0.1) is 5.69 Å². The number of ether oxygens (including phenoxy) is 1. The molecular weight excluding hydrogens is 349 g/mol. The zero-order valence-corrected chi connectivity index (χ0v) is 16.8. The average Bonchev–Trinajstić information content (AvgIpc) is 2.56. The van der Waals surface area contributed by atoms with E-state index in [-0.39, 0.29) is 17.8 Å². The van der Waals surface area contributed by atoms with Gasteiger partial charge in [0.25, 0.3) is 0 Å². The third-order valence-electron chi connectivity index (χ3n) is 4.74. The fourth-order valence-electron chi connectivity index (χ4n) is 3.35. The first-order valence-corrected chi connectivity index (χ1v) is 9.40. The molecule has 0 heterocycles. The van der Waals surface area contributed by atoms with Crippen molar-refractivity contribution in [1.82, 2.24) is 4.90 Å². The van der Waals surface area contributed by atoms with Gasteiger partial charge >= 0.3 is 12.1 Å². The summed E-state index contributed by atoms with van der Waals surface area (Å²) in [7, 11) is 1.78. The molecule has 0 saturated heterocycles. The van der Waals surface area contributed by atoms with Crippen LogP contribution in [0, 0.1) is 11.7 Å². The predicted octanol–water partition coefficient (Wildman–Crippen LogP) is 5.22. The highest BCUT2D eigenvalue weighted by atomic mass is 19.1. The number of anilines is 2. The fraction of sp³-hybridized carbons (Fsp3) is 0.600. The van der Waals surface area contributed by atoms with Gasteiger partial charge in [0, 0.05) is 18.8 Å². The third-order valence-corrected chi connectivity index (χ3v) is 4.74. The Balaban J connectivity index is 2.04. The first-order chi connectivity index (χ1) is 12.6. The standard InChI is InChI=1S/C20H30FN3O3/c1-13-8-6-7-9-17(13)24(5)18(25)22-14-10-11-15(21)16(12-14)23-19(26)27-20(2,3)4/h10-13,17H,6-9H2,1-5H3,(H,22,25)(H,23,26). The van der Waals surface area contributed by atoms with E-state index < -0.39 is 17.5 Å². The van der Waals surface area contributed by atoms with Gasteiger partial charge in [-0.2, -0.15) is 0 Å². The molecule has 3 amide bonds. The molecule has 2 atom stereocenters. The summed E-state index contributed by atoms with van der Waals surface area (Å²) in [4.78, 5) is 26.2. The molecule has 1 aliphatic carbocycles. The molecule has 0 aliphatic heterocycles. The van der Waals surface area contributed by atoms with Gasteiger partial charge in [-0.1, -0.05) is 19.8 Å². The van der Waals surface area contributed by atoms with Crippen molar-refractivity contribution in [2.45, 2.75) is 65.0 Å². The Bertz CT molecular complexity index is 688. The van der Waals surface area contributed by atoms with Crippen LogP contribution in [-0.2, 0) is 4.74 Å². The van der Waals surface area contributed by atoms with E-state index in [4.69, 9.17) is 4.74 Å². The van der Waals surface area contributed by atoms with E-state index >= 15 is 0 Å². The van der Waals surface area contributed by atoms with Crippen LogP contribution in [0.3, 0.4) is 0 Å². The summed E-state index contributed by atoms with van der Waals surface area (Å²) in [5.41, 5.74) is -0.329. The molecule has 1 aromatic rings. The van der Waals surface area contributed by atoms with Crippen LogP contribution in [0.4, 0.5) is 25.4 Å². The number of nitrogens with one attached hydrogen (secondary N) is 2. The van der Waals surface area contributed by atoms with Crippen LogP contribution in [0.2, 0.25) is 0 Å². The van der Waals surface area contributed by atoms with Crippen molar-refractivity contribution in [3.63, 3.8) is 0 Å². The molecule has 2 unspecified atom stereocenters. The minimum Gasteiger partial charge on any atom is -0.444 e. The van der Waals surface area contributed by atoms with Crippen LogP contribution in [0.15, 0.2) is 18.2 Å². The SMILES string of the molecule is CC1CCCCC1N(C)C(=O)Nc1ccc(F)c(NC(=O)OC(C)(C)C)c1. The van der Waals surface area contributed by atoms with Crippen LogP contribution in [0.25, 0.3) is 0 Å². The lowest BCUT2D eigenvalue weighted by atomic mass is 9.85. The molecule has 1 saturated carbocycles. The van der Waals surface area contributed by atoms with Crippen molar-refractivity contribution in [2.24, 2.45) is 5.92 Å². The molecule has 2 N–H and O–H groups in total. The Morgan fingerprint density at radius 2 is 1.85 bits per heavy atom. The minimum atomic E-state index is -0.752. The van der Waals surface area contributed by atoms with E-state index in [0.29, 0.717) is 11.6 Å². The maximum atomic E-state index is 14.0. The maximum Gasteiger partial charge on any atom is 0.412 e. The molecule has 0 aromatic heterocycles. The second-order valence-electron chi connectivity index (χ2n) is 8.19. The highest BCUT2D eigenvalue weighted by molar-refractivity contribution is 5.91. The van der Waals surface area contributed by atoms with Gasteiger partial charge in [0.2, 0.25) is 0 Å². The number of halogens is 1. The lowest BCUT2D eigenvalue weighted by molar-refractivity contribution is 0.0635. The smallest absolute Gasteiger partial charge is 0.412 e. The van der Waals surface area contributed by atoms with Gasteiger partial charge in [0.15, 0.2) is 0 Å². The number of amides is 3. The van der Waals surface area contributed by atoms with Gasteiger partial charge in [-0.15, -0.1) is 0 Å². The molecule has 1 aromatic carbocycles. The van der Waals surface area contributed by atoms with Crippen LogP contribution in [-0.4, -0.2) is 35.7 Å². The van der Waals surface area contributed by atoms with E-state index in [9.17, 15) is 14.0 Å². The van der Waals surface area contributed by atoms with Gasteiger partial charge in [-0.3, -0.25) is 5.32 Å². The predicted molar refractivity (Wildman–Crippen MR) is 104 cm³/mol. The summed E-state index contributed by atoms with van der Waals surface area (Å²) in [5, 5.41) is 5.16. The Labute approximate surface area is 160 Å². The first-order valence-electron chi connectivity index (χ1n) is 9.40. The summed E-state index contributed by atoms with van der Waals surface area (Å²) in [6, 6.07) is 3.99. The zero-order valence-electron chi connectivity index (χ0n) is 16.8. The Morgan fingerprint density at radius 3 is 2.48 bits per heavy atom. The summed E-state index contributed by atoms with van der Waals surface area (Å²) in [5.74, 6) is -0.153. The number of hydrogen-bond donors (Lipinski definition) is 2. The van der Waals surface area contributed by atoms with E-state index in [0.717, 1.165) is 19.3 Å². The lowest BCUT2D eigenvalue weighted by Crippen LogP contribution is -2.44. The van der Waals surface area contributed by atoms with Crippen molar-refractivity contribution >= 4 is 23.5 Å². The number of benzene rings is 1. The fourth-order valence-corrected chi connectivity index (χ4v) is 3.35. The molecule has 1 fully saturated rings. The normalized spacial score (nSPS) is 19.9. The van der Waals surface area contributed by atoms with Crippen molar-refractivity contribution in [1.29, 1.82) is 0 Å². The van der Waals surface area contributed by atoms with Gasteiger partial charge in [0.1, 0.15) is 11.4 Å². The molecule has 2 rings (SSSR count). The first kappa shape index (κ1) is 21.0. The quantitative estimate of drug-likeness (QED) is 0.757. The van der Waals surface area contributed by atoms with E-state index in [2.05, 4.69) is 17.6 Å². The zero-order chi connectivity index (χ0) is 20.2. The average molecular weight is 379 g/mol. The summed E-state index contributed by atoms with van der Waals surface area (Å²) < 4.78 is 19.1. The number of hydrogen-bond acceptors (Lipinski definition) is 3. The van der Waals surface area contributed by atoms with E-state index in [1.165, 1.54) is 24.6 Å². The molecule has 7 heteroatoms. The third kappa shape index (κ3) is 6.12. The number of urea groups is 1. The maximum absolute atomic E-state index is 14.0. The molecule has 0 radical (unpaired) electrons. The molecule has 150 valence electrons. The summed E-state index contributed by atoms with van der Waals surface area (Å²) in [6.45, 7) is 7.33. The molecule has 6 nitrogen and oxygen atoms in total. The van der Waals surface area contributed by atoms with Crippen LogP contribution in [0.1, 0.15) is 53.4 Å². The van der Waals surface area contributed by atoms with Crippen LogP contribution >= 0.6 is 0 Å².